The Morgan fingerprint density at radius 3 is 2.58 bits per heavy atom. The average molecular weight is 467 g/mol. The van der Waals surface area contributed by atoms with E-state index in [4.69, 9.17) is 21.1 Å². The molecule has 0 saturated heterocycles. The monoisotopic (exact) mass is 466 g/mol. The molecule has 1 heterocycles. The van der Waals surface area contributed by atoms with Crippen LogP contribution in [0, 0.1) is 11.3 Å². The average Bonchev–Trinajstić information content (AvgIpc) is 2.78. The molecule has 0 unspecified atom stereocenters. The van der Waals surface area contributed by atoms with Crippen molar-refractivity contribution in [2.45, 2.75) is 32.6 Å². The van der Waals surface area contributed by atoms with Crippen molar-refractivity contribution in [2.24, 2.45) is 11.3 Å². The number of benzene rings is 2. The number of halogens is 1. The number of hydrogen-bond donors (Lipinski definition) is 1. The van der Waals surface area contributed by atoms with E-state index in [1.165, 1.54) is 19.2 Å². The van der Waals surface area contributed by atoms with E-state index in [-0.39, 0.29) is 34.1 Å². The van der Waals surface area contributed by atoms with Crippen LogP contribution in [-0.2, 0) is 14.8 Å². The Hall–Kier alpha value is -2.45. The summed E-state index contributed by atoms with van der Waals surface area (Å²) in [5, 5.41) is 0.271. The van der Waals surface area contributed by atoms with E-state index in [9.17, 15) is 13.2 Å². The Kier molecular flexibility index (Phi) is 6.43. The van der Waals surface area contributed by atoms with Gasteiger partial charge in [0.1, 0.15) is 23.0 Å². The van der Waals surface area contributed by atoms with E-state index < -0.39 is 15.4 Å². The molecule has 0 saturated carbocycles. The van der Waals surface area contributed by atoms with Crippen molar-refractivity contribution in [3.63, 3.8) is 0 Å². The predicted molar refractivity (Wildman–Crippen MR) is 122 cm³/mol. The first-order valence-corrected chi connectivity index (χ1v) is 11.8. The lowest BCUT2D eigenvalue weighted by atomic mass is 9.92. The Labute approximate surface area is 188 Å². The summed E-state index contributed by atoms with van der Waals surface area (Å²) in [6.45, 7) is 8.43. The third-order valence-corrected chi connectivity index (χ3v) is 6.52. The van der Waals surface area contributed by atoms with E-state index in [2.05, 4.69) is 4.72 Å². The summed E-state index contributed by atoms with van der Waals surface area (Å²) < 4.78 is 39.7. The second kappa shape index (κ2) is 8.59. The summed E-state index contributed by atoms with van der Waals surface area (Å²) in [6, 6.07) is 9.26. The van der Waals surface area contributed by atoms with Crippen LogP contribution >= 0.6 is 11.6 Å². The molecule has 1 N–H and O–H groups in total. The molecule has 2 aromatic carbocycles. The van der Waals surface area contributed by atoms with Crippen LogP contribution in [0.1, 0.15) is 27.7 Å². The van der Waals surface area contributed by atoms with Crippen LogP contribution in [0.5, 0.6) is 11.5 Å². The van der Waals surface area contributed by atoms with Crippen LogP contribution in [0.3, 0.4) is 0 Å². The van der Waals surface area contributed by atoms with E-state index in [1.54, 1.807) is 29.2 Å². The minimum Gasteiger partial charge on any atom is -0.495 e. The number of methoxy groups -OCH3 is 1. The maximum absolute atomic E-state index is 13.2. The molecule has 1 amide bonds. The smallest absolute Gasteiger partial charge is 0.265 e. The summed E-state index contributed by atoms with van der Waals surface area (Å²) in [7, 11) is -2.61. The van der Waals surface area contributed by atoms with Crippen molar-refractivity contribution >= 4 is 38.9 Å². The fourth-order valence-electron chi connectivity index (χ4n) is 3.33. The quantitative estimate of drug-likeness (QED) is 0.674. The third kappa shape index (κ3) is 4.91. The van der Waals surface area contributed by atoms with Gasteiger partial charge in [-0.1, -0.05) is 25.4 Å². The van der Waals surface area contributed by atoms with Crippen molar-refractivity contribution in [1.82, 2.24) is 0 Å². The summed E-state index contributed by atoms with van der Waals surface area (Å²) in [4.78, 5) is 14.8. The highest BCUT2D eigenvalue weighted by atomic mass is 35.5. The first-order chi connectivity index (χ1) is 14.4. The SMILES string of the molecule is COc1ccc(Cl)cc1S(=O)(=O)Nc1ccc2c(c1)N(CC(C)C)C(=O)C(C)(C)CO2. The Balaban J connectivity index is 2.03. The van der Waals surface area contributed by atoms with Gasteiger partial charge >= 0.3 is 0 Å². The number of hydrogen-bond acceptors (Lipinski definition) is 5. The van der Waals surface area contributed by atoms with Crippen molar-refractivity contribution < 1.29 is 22.7 Å². The van der Waals surface area contributed by atoms with Gasteiger partial charge in [0.05, 0.1) is 23.9 Å². The van der Waals surface area contributed by atoms with Crippen LogP contribution < -0.4 is 19.1 Å². The van der Waals surface area contributed by atoms with Crippen LogP contribution in [0.15, 0.2) is 41.3 Å². The molecule has 168 valence electrons. The number of nitrogens with zero attached hydrogens (tertiary/aromatic N) is 1. The Morgan fingerprint density at radius 1 is 1.23 bits per heavy atom. The largest absolute Gasteiger partial charge is 0.495 e. The van der Waals surface area contributed by atoms with E-state index >= 15 is 0 Å². The molecule has 0 atom stereocenters. The number of amides is 1. The minimum absolute atomic E-state index is 0.0727. The molecule has 2 aromatic rings. The van der Waals surface area contributed by atoms with Crippen molar-refractivity contribution in [3.05, 3.63) is 41.4 Å². The third-order valence-electron chi connectivity index (χ3n) is 4.88. The molecule has 31 heavy (non-hydrogen) atoms. The summed E-state index contributed by atoms with van der Waals surface area (Å²) >= 11 is 6.00. The normalized spacial score (nSPS) is 15.8. The van der Waals surface area contributed by atoms with Crippen molar-refractivity contribution in [2.75, 3.05) is 29.9 Å². The molecule has 1 aliphatic heterocycles. The number of fused-ring (bicyclic) bond motifs is 1. The van der Waals surface area contributed by atoms with Crippen LogP contribution in [0.25, 0.3) is 0 Å². The van der Waals surface area contributed by atoms with Crippen molar-refractivity contribution in [1.29, 1.82) is 0 Å². The van der Waals surface area contributed by atoms with Gasteiger partial charge in [-0.25, -0.2) is 8.42 Å². The van der Waals surface area contributed by atoms with Crippen molar-refractivity contribution in [3.8, 4) is 11.5 Å². The molecule has 1 aliphatic rings. The standard InChI is InChI=1S/C22H27ClN2O5S/c1-14(2)12-25-17-11-16(7-9-18(17)30-13-22(3,4)21(25)26)24-31(27,28)20-10-15(23)6-8-19(20)29-5/h6-11,14,24H,12-13H2,1-5H3. The molecular formula is C22H27ClN2O5S. The molecular weight excluding hydrogens is 440 g/mol. The lowest BCUT2D eigenvalue weighted by molar-refractivity contribution is -0.127. The highest BCUT2D eigenvalue weighted by Crippen LogP contribution is 2.39. The topological polar surface area (TPSA) is 84.9 Å². The van der Waals surface area contributed by atoms with Crippen LogP contribution in [0.4, 0.5) is 11.4 Å². The highest BCUT2D eigenvalue weighted by Gasteiger charge is 2.38. The van der Waals surface area contributed by atoms with Gasteiger partial charge in [-0.05, 0) is 56.2 Å². The maximum atomic E-state index is 13.2. The zero-order valence-electron chi connectivity index (χ0n) is 18.2. The molecule has 0 radical (unpaired) electrons. The zero-order valence-corrected chi connectivity index (χ0v) is 19.8. The van der Waals surface area contributed by atoms with Gasteiger partial charge < -0.3 is 14.4 Å². The fourth-order valence-corrected chi connectivity index (χ4v) is 4.81. The molecule has 0 bridgehead atoms. The summed E-state index contributed by atoms with van der Waals surface area (Å²) in [6.07, 6.45) is 0. The molecule has 0 spiro atoms. The van der Waals surface area contributed by atoms with Gasteiger partial charge in [0, 0.05) is 11.6 Å². The minimum atomic E-state index is -3.99. The zero-order chi connectivity index (χ0) is 23.0. The molecule has 7 nitrogen and oxygen atoms in total. The number of sulfonamides is 1. The van der Waals surface area contributed by atoms with E-state index in [0.29, 0.717) is 23.7 Å². The van der Waals surface area contributed by atoms with Crippen LogP contribution in [-0.4, -0.2) is 34.6 Å². The molecule has 0 aromatic heterocycles. The predicted octanol–water partition coefficient (Wildman–Crippen LogP) is 4.56. The van der Waals surface area contributed by atoms with Gasteiger partial charge in [0.15, 0.2) is 0 Å². The summed E-state index contributed by atoms with van der Waals surface area (Å²) in [5.41, 5.74) is 0.120. The van der Waals surface area contributed by atoms with Gasteiger partial charge in [-0.3, -0.25) is 9.52 Å². The van der Waals surface area contributed by atoms with E-state index in [0.717, 1.165) is 0 Å². The Bertz CT molecular complexity index is 1100. The first kappa shape index (κ1) is 23.2. The second-order valence-electron chi connectivity index (χ2n) is 8.57. The first-order valence-electron chi connectivity index (χ1n) is 9.90. The number of anilines is 2. The molecule has 9 heteroatoms. The van der Waals surface area contributed by atoms with Gasteiger partial charge in [0.2, 0.25) is 5.91 Å². The molecule has 0 fully saturated rings. The van der Waals surface area contributed by atoms with Gasteiger partial charge in [-0.15, -0.1) is 0 Å². The Morgan fingerprint density at radius 2 is 1.94 bits per heavy atom. The maximum Gasteiger partial charge on any atom is 0.265 e. The lowest BCUT2D eigenvalue weighted by Gasteiger charge is -2.29. The molecule has 0 aliphatic carbocycles. The molecule has 3 rings (SSSR count). The summed E-state index contributed by atoms with van der Waals surface area (Å²) in [5.74, 6) is 0.842. The number of carbonyl (C=O) groups excluding carboxylic acids is 1. The second-order valence-corrected chi connectivity index (χ2v) is 10.7. The van der Waals surface area contributed by atoms with Gasteiger partial charge in [-0.2, -0.15) is 0 Å². The van der Waals surface area contributed by atoms with Gasteiger partial charge in [0.25, 0.3) is 10.0 Å². The van der Waals surface area contributed by atoms with Crippen LogP contribution in [0.2, 0.25) is 5.02 Å². The highest BCUT2D eigenvalue weighted by molar-refractivity contribution is 7.92. The number of carbonyl (C=O) groups is 1. The van der Waals surface area contributed by atoms with E-state index in [1.807, 2.05) is 27.7 Å². The fraction of sp³-hybridized carbons (Fsp3) is 0.409. The number of nitrogens with one attached hydrogen (secondary N) is 1. The number of rotatable bonds is 6. The lowest BCUT2D eigenvalue weighted by Crippen LogP contribution is -2.43. The number of ether oxygens (including phenoxy) is 2.